The van der Waals surface area contributed by atoms with Crippen LogP contribution in [-0.4, -0.2) is 18.0 Å². The van der Waals surface area contributed by atoms with Crippen molar-refractivity contribution in [2.45, 2.75) is 32.2 Å². The molecule has 1 aromatic carbocycles. The van der Waals surface area contributed by atoms with E-state index in [1.807, 2.05) is 11.0 Å². The summed E-state index contributed by atoms with van der Waals surface area (Å²) >= 11 is 0. The molecule has 0 atom stereocenters. The first-order chi connectivity index (χ1) is 8.13. The third-order valence-corrected chi connectivity index (χ3v) is 3.62. The van der Waals surface area contributed by atoms with Gasteiger partial charge in [-0.15, -0.1) is 0 Å². The summed E-state index contributed by atoms with van der Waals surface area (Å²) in [4.78, 5) is 6.29. The van der Waals surface area contributed by atoms with Crippen LogP contribution >= 0.6 is 0 Å². The Kier molecular flexibility index (Phi) is 3.05. The van der Waals surface area contributed by atoms with Crippen LogP contribution in [0.3, 0.4) is 0 Å². The van der Waals surface area contributed by atoms with Gasteiger partial charge in [-0.05, 0) is 31.0 Å². The lowest BCUT2D eigenvalue weighted by Crippen LogP contribution is -2.51. The number of hydrogen-bond donors (Lipinski definition) is 1. The van der Waals surface area contributed by atoms with Crippen LogP contribution in [0.5, 0.6) is 0 Å². The van der Waals surface area contributed by atoms with Crippen molar-refractivity contribution in [3.05, 3.63) is 30.1 Å². The van der Waals surface area contributed by atoms with Gasteiger partial charge in [-0.3, -0.25) is 4.99 Å². The minimum absolute atomic E-state index is 0.0993. The van der Waals surface area contributed by atoms with Crippen LogP contribution in [0.2, 0.25) is 0 Å². The lowest BCUT2D eigenvalue weighted by Gasteiger charge is -2.38. The molecular formula is C13H18FN3. The van der Waals surface area contributed by atoms with Gasteiger partial charge < -0.3 is 10.6 Å². The fourth-order valence-corrected chi connectivity index (χ4v) is 2.42. The average molecular weight is 235 g/mol. The smallest absolute Gasteiger partial charge is 0.196 e. The van der Waals surface area contributed by atoms with Crippen molar-refractivity contribution in [1.82, 2.24) is 0 Å². The van der Waals surface area contributed by atoms with Crippen LogP contribution in [0.4, 0.5) is 10.1 Å². The molecular weight excluding hydrogens is 217 g/mol. The average Bonchev–Trinajstić information content (AvgIpc) is 2.67. The van der Waals surface area contributed by atoms with Gasteiger partial charge in [0.1, 0.15) is 5.82 Å². The number of rotatable bonds is 3. The Labute approximate surface area is 101 Å². The van der Waals surface area contributed by atoms with Crippen LogP contribution < -0.4 is 10.6 Å². The summed E-state index contributed by atoms with van der Waals surface area (Å²) < 4.78 is 13.3. The third kappa shape index (κ3) is 1.88. The number of nitrogens with zero attached hydrogens (tertiary/aromatic N) is 2. The lowest BCUT2D eigenvalue weighted by atomic mass is 9.91. The normalized spacial score (nSPS) is 18.3. The predicted molar refractivity (Wildman–Crippen MR) is 68.7 cm³/mol. The number of anilines is 1. The van der Waals surface area contributed by atoms with Crippen LogP contribution in [0.15, 0.2) is 29.3 Å². The van der Waals surface area contributed by atoms with Crippen molar-refractivity contribution in [1.29, 1.82) is 0 Å². The van der Waals surface area contributed by atoms with Gasteiger partial charge in [-0.1, -0.05) is 19.9 Å². The third-order valence-electron chi connectivity index (χ3n) is 3.62. The van der Waals surface area contributed by atoms with Gasteiger partial charge in [-0.2, -0.15) is 0 Å². The highest BCUT2D eigenvalue weighted by Gasteiger charge is 2.40. The van der Waals surface area contributed by atoms with E-state index in [1.165, 1.54) is 12.1 Å². The molecule has 3 nitrogen and oxygen atoms in total. The maximum absolute atomic E-state index is 13.3. The minimum Gasteiger partial charge on any atom is -0.369 e. The van der Waals surface area contributed by atoms with Crippen LogP contribution in [-0.2, 0) is 0 Å². The fraction of sp³-hybridized carbons (Fsp3) is 0.462. The van der Waals surface area contributed by atoms with Gasteiger partial charge in [-0.25, -0.2) is 4.39 Å². The molecule has 1 aliphatic heterocycles. The lowest BCUT2D eigenvalue weighted by molar-refractivity contribution is 0.425. The van der Waals surface area contributed by atoms with Crippen molar-refractivity contribution < 1.29 is 4.39 Å². The molecule has 0 saturated carbocycles. The maximum atomic E-state index is 13.3. The molecule has 2 rings (SSSR count). The maximum Gasteiger partial charge on any atom is 0.196 e. The number of aliphatic imine (C=N–C) groups is 1. The molecule has 0 unspecified atom stereocenters. The minimum atomic E-state index is -0.247. The summed E-state index contributed by atoms with van der Waals surface area (Å²) in [5.41, 5.74) is 6.63. The highest BCUT2D eigenvalue weighted by molar-refractivity contribution is 5.98. The predicted octanol–water partition coefficient (Wildman–Crippen LogP) is 2.52. The fourth-order valence-electron chi connectivity index (χ4n) is 2.42. The molecule has 0 amide bonds. The Bertz CT molecular complexity index is 438. The SMILES string of the molecule is CCC1(CC)CN=C(N)N1c1cccc(F)c1. The molecule has 0 radical (unpaired) electrons. The number of guanidine groups is 1. The highest BCUT2D eigenvalue weighted by Crippen LogP contribution is 2.33. The summed E-state index contributed by atoms with van der Waals surface area (Å²) in [6, 6.07) is 6.52. The molecule has 1 aromatic rings. The molecule has 1 heterocycles. The van der Waals surface area contributed by atoms with E-state index in [0.717, 1.165) is 18.5 Å². The standard InChI is InChI=1S/C13H18FN3/c1-3-13(4-2)9-16-12(15)17(13)11-7-5-6-10(14)8-11/h5-8H,3-4,9H2,1-2H3,(H2,15,16). The zero-order valence-corrected chi connectivity index (χ0v) is 10.3. The molecule has 4 heteroatoms. The number of halogens is 1. The molecule has 0 bridgehead atoms. The number of hydrogen-bond acceptors (Lipinski definition) is 3. The zero-order chi connectivity index (χ0) is 12.5. The van der Waals surface area contributed by atoms with Crippen molar-refractivity contribution in [2.75, 3.05) is 11.4 Å². The first-order valence-electron chi connectivity index (χ1n) is 5.98. The number of nitrogens with two attached hydrogens (primary N) is 1. The van der Waals surface area contributed by atoms with E-state index in [2.05, 4.69) is 18.8 Å². The molecule has 0 fully saturated rings. The van der Waals surface area contributed by atoms with E-state index in [1.54, 1.807) is 6.07 Å². The quantitative estimate of drug-likeness (QED) is 0.874. The topological polar surface area (TPSA) is 41.6 Å². The van der Waals surface area contributed by atoms with Crippen molar-refractivity contribution >= 4 is 11.6 Å². The van der Waals surface area contributed by atoms with E-state index in [9.17, 15) is 4.39 Å². The Morgan fingerprint density at radius 3 is 2.71 bits per heavy atom. The van der Waals surface area contributed by atoms with Crippen LogP contribution in [0, 0.1) is 5.82 Å². The Morgan fingerprint density at radius 1 is 1.41 bits per heavy atom. The second-order valence-electron chi connectivity index (χ2n) is 4.42. The van der Waals surface area contributed by atoms with Gasteiger partial charge in [0.2, 0.25) is 0 Å². The second-order valence-corrected chi connectivity index (χ2v) is 4.42. The molecule has 92 valence electrons. The molecule has 1 aliphatic rings. The van der Waals surface area contributed by atoms with Gasteiger partial charge >= 0.3 is 0 Å². The first-order valence-corrected chi connectivity index (χ1v) is 5.98. The van der Waals surface area contributed by atoms with Gasteiger partial charge in [0.15, 0.2) is 5.96 Å². The molecule has 0 aromatic heterocycles. The molecule has 2 N–H and O–H groups in total. The highest BCUT2D eigenvalue weighted by atomic mass is 19.1. The summed E-state index contributed by atoms with van der Waals surface area (Å²) in [5.74, 6) is 0.239. The Balaban J connectivity index is 2.43. The number of benzene rings is 1. The monoisotopic (exact) mass is 235 g/mol. The molecule has 0 saturated heterocycles. The van der Waals surface area contributed by atoms with E-state index >= 15 is 0 Å². The van der Waals surface area contributed by atoms with E-state index in [0.29, 0.717) is 12.5 Å². The van der Waals surface area contributed by atoms with Crippen molar-refractivity contribution in [3.63, 3.8) is 0 Å². The first kappa shape index (κ1) is 11.9. The Morgan fingerprint density at radius 2 is 2.12 bits per heavy atom. The van der Waals surface area contributed by atoms with Gasteiger partial charge in [0.25, 0.3) is 0 Å². The summed E-state index contributed by atoms with van der Waals surface area (Å²) in [5, 5.41) is 0. The zero-order valence-electron chi connectivity index (χ0n) is 10.3. The van der Waals surface area contributed by atoms with E-state index in [4.69, 9.17) is 5.73 Å². The largest absolute Gasteiger partial charge is 0.369 e. The van der Waals surface area contributed by atoms with E-state index in [-0.39, 0.29) is 11.4 Å². The van der Waals surface area contributed by atoms with Crippen molar-refractivity contribution in [2.24, 2.45) is 10.7 Å². The van der Waals surface area contributed by atoms with Crippen LogP contribution in [0.25, 0.3) is 0 Å². The molecule has 0 aliphatic carbocycles. The van der Waals surface area contributed by atoms with Crippen LogP contribution in [0.1, 0.15) is 26.7 Å². The molecule has 0 spiro atoms. The molecule has 17 heavy (non-hydrogen) atoms. The van der Waals surface area contributed by atoms with Gasteiger partial charge in [0.05, 0.1) is 12.1 Å². The Hall–Kier alpha value is -1.58. The summed E-state index contributed by atoms with van der Waals surface area (Å²) in [6.07, 6.45) is 1.87. The van der Waals surface area contributed by atoms with Gasteiger partial charge in [0, 0.05) is 5.69 Å². The summed E-state index contributed by atoms with van der Waals surface area (Å²) in [7, 11) is 0. The van der Waals surface area contributed by atoms with Crippen molar-refractivity contribution in [3.8, 4) is 0 Å². The summed E-state index contributed by atoms with van der Waals surface area (Å²) in [6.45, 7) is 4.91. The van der Waals surface area contributed by atoms with E-state index < -0.39 is 0 Å². The second kappa shape index (κ2) is 4.35.